The topological polar surface area (TPSA) is 105 Å². The number of carbonyl (C=O) groups excluding carboxylic acids is 4. The van der Waals surface area contributed by atoms with Crippen molar-refractivity contribution in [2.45, 2.75) is 149 Å². The maximum atomic E-state index is 13.2. The fourth-order valence-electron chi connectivity index (χ4n) is 4.75. The Morgan fingerprint density at radius 2 is 0.878 bits per heavy atom. The molecule has 0 aliphatic rings. The minimum absolute atomic E-state index is 0.0646. The number of hydrogen-bond acceptors (Lipinski definition) is 11. The Hall–Kier alpha value is -0.271. The molecule has 0 aliphatic heterocycles. The Balaban J connectivity index is 5.51. The Kier molecular flexibility index (Phi) is 32.2. The van der Waals surface area contributed by atoms with Crippen molar-refractivity contribution in [3.8, 4) is 0 Å². The number of unbranched alkanes of at least 4 members (excludes halogenated alkanes) is 7. The SMILES string of the molecule is CCCCOC(=O)C[CH2][Sn]([O]C(=O)CSCCCCCC(C)C)([O]C(=O)CSCCCCCC(C)C)[O]C(=O)CSCCCCCC(C)C. The number of ether oxygens (including phenoxy) is 1. The summed E-state index contributed by atoms with van der Waals surface area (Å²) in [7, 11) is 0. The third-order valence-electron chi connectivity index (χ3n) is 7.57. The molecule has 0 saturated heterocycles. The third-order valence-corrected chi connectivity index (χ3v) is 17.7. The molecule has 12 heteroatoms. The van der Waals surface area contributed by atoms with Gasteiger partial charge in [0.15, 0.2) is 0 Å². The Morgan fingerprint density at radius 3 is 1.20 bits per heavy atom. The average molecular weight is 858 g/mol. The van der Waals surface area contributed by atoms with Gasteiger partial charge in [0.1, 0.15) is 0 Å². The van der Waals surface area contributed by atoms with E-state index in [9.17, 15) is 19.2 Å². The van der Waals surface area contributed by atoms with Gasteiger partial charge in [-0.3, -0.25) is 0 Å². The molecule has 49 heavy (non-hydrogen) atoms. The van der Waals surface area contributed by atoms with Gasteiger partial charge in [0.05, 0.1) is 0 Å². The zero-order valence-electron chi connectivity index (χ0n) is 32.0. The van der Waals surface area contributed by atoms with Gasteiger partial charge in [-0.15, -0.1) is 0 Å². The number of hydrogen-bond donors (Lipinski definition) is 0. The molecule has 0 bridgehead atoms. The van der Waals surface area contributed by atoms with Crippen LogP contribution in [0, 0.1) is 17.8 Å². The molecule has 0 spiro atoms. The summed E-state index contributed by atoms with van der Waals surface area (Å²) in [5.41, 5.74) is 0. The number of esters is 1. The Bertz CT molecular complexity index is 784. The molecule has 0 radical (unpaired) electrons. The van der Waals surface area contributed by atoms with E-state index in [4.69, 9.17) is 14.0 Å². The van der Waals surface area contributed by atoms with Gasteiger partial charge in [-0.25, -0.2) is 0 Å². The number of carbonyl (C=O) groups is 4. The van der Waals surface area contributed by atoms with E-state index in [2.05, 4.69) is 41.5 Å². The van der Waals surface area contributed by atoms with Crippen LogP contribution >= 0.6 is 35.3 Å². The predicted octanol–water partition coefficient (Wildman–Crippen LogP) is 10.1. The van der Waals surface area contributed by atoms with Crippen molar-refractivity contribution in [3.05, 3.63) is 0 Å². The molecule has 0 aromatic carbocycles. The van der Waals surface area contributed by atoms with E-state index in [0.717, 1.165) is 87.9 Å². The van der Waals surface area contributed by atoms with Crippen LogP contribution in [0.2, 0.25) is 4.44 Å². The summed E-state index contributed by atoms with van der Waals surface area (Å²) in [6, 6.07) is 0. The first-order valence-electron chi connectivity index (χ1n) is 18.9. The first kappa shape index (κ1) is 48.7. The quantitative estimate of drug-likeness (QED) is 0.0358. The normalized spacial score (nSPS) is 11.7. The van der Waals surface area contributed by atoms with Crippen molar-refractivity contribution >= 4 is 78.8 Å². The molecule has 0 heterocycles. The summed E-state index contributed by atoms with van der Waals surface area (Å²) < 4.78 is 23.0. The van der Waals surface area contributed by atoms with Crippen LogP contribution in [0.3, 0.4) is 0 Å². The number of thioether (sulfide) groups is 3. The molecule has 0 saturated carbocycles. The summed E-state index contributed by atoms with van der Waals surface area (Å²) in [5, 5.41) is 0. The molecule has 0 N–H and O–H groups in total. The molecule has 0 aromatic heterocycles. The van der Waals surface area contributed by atoms with Crippen LogP contribution in [-0.4, -0.2) is 84.6 Å². The van der Waals surface area contributed by atoms with Crippen molar-refractivity contribution in [1.29, 1.82) is 0 Å². The van der Waals surface area contributed by atoms with E-state index < -0.39 is 43.5 Å². The summed E-state index contributed by atoms with van der Waals surface area (Å²) in [6.45, 7) is 15.6. The van der Waals surface area contributed by atoms with Gasteiger partial charge in [0, 0.05) is 0 Å². The van der Waals surface area contributed by atoms with Gasteiger partial charge in [0.25, 0.3) is 0 Å². The Labute approximate surface area is 318 Å². The van der Waals surface area contributed by atoms with E-state index in [1.54, 1.807) is 0 Å². The van der Waals surface area contributed by atoms with E-state index in [1.807, 2.05) is 6.92 Å². The molecule has 0 atom stereocenters. The fraction of sp³-hybridized carbons (Fsp3) is 0.892. The second-order valence-electron chi connectivity index (χ2n) is 14.1. The molecular weight excluding hydrogens is 787 g/mol. The molecule has 8 nitrogen and oxygen atoms in total. The van der Waals surface area contributed by atoms with E-state index in [1.165, 1.54) is 54.5 Å². The monoisotopic (exact) mass is 858 g/mol. The van der Waals surface area contributed by atoms with Crippen LogP contribution in [0.4, 0.5) is 0 Å². The summed E-state index contributed by atoms with van der Waals surface area (Å²) in [4.78, 5) is 52.1. The standard InChI is InChI=1S/3C10H20O2S.C7H13O2.Sn/c3*1-9(2)6-4-3-5-7-13-8-10(11)12;1-3-5-6-9-7(8)4-2;/h3*9H,3-8H2,1-2H3,(H,11,12);2-6H2,1H3;/q;;;;+3/p-3. The van der Waals surface area contributed by atoms with Crippen molar-refractivity contribution < 1.29 is 33.1 Å². The zero-order chi connectivity index (χ0) is 36.8. The van der Waals surface area contributed by atoms with Crippen molar-refractivity contribution in [2.75, 3.05) is 41.1 Å². The van der Waals surface area contributed by atoms with Gasteiger partial charge < -0.3 is 0 Å². The minimum atomic E-state index is -5.26. The van der Waals surface area contributed by atoms with Gasteiger partial charge in [-0.1, -0.05) is 0 Å². The third kappa shape index (κ3) is 32.1. The van der Waals surface area contributed by atoms with Crippen LogP contribution in [0.25, 0.3) is 0 Å². The van der Waals surface area contributed by atoms with Crippen LogP contribution in [0.15, 0.2) is 0 Å². The van der Waals surface area contributed by atoms with Crippen LogP contribution < -0.4 is 0 Å². The summed E-state index contributed by atoms with van der Waals surface area (Å²) >= 11 is -0.862. The Morgan fingerprint density at radius 1 is 0.510 bits per heavy atom. The van der Waals surface area contributed by atoms with Gasteiger partial charge in [0.2, 0.25) is 0 Å². The molecule has 0 unspecified atom stereocenters. The predicted molar refractivity (Wildman–Crippen MR) is 211 cm³/mol. The second kappa shape index (κ2) is 32.4. The van der Waals surface area contributed by atoms with Gasteiger partial charge in [-0.2, -0.15) is 0 Å². The number of rotatable bonds is 33. The van der Waals surface area contributed by atoms with Crippen molar-refractivity contribution in [3.63, 3.8) is 0 Å². The molecule has 0 fully saturated rings. The van der Waals surface area contributed by atoms with Gasteiger partial charge in [-0.05, 0) is 0 Å². The second-order valence-corrected chi connectivity index (χ2v) is 24.5. The molecular formula is C37H70O8S3Sn. The van der Waals surface area contributed by atoms with Crippen molar-refractivity contribution in [2.24, 2.45) is 17.8 Å². The maximum absolute atomic E-state index is 13.2. The van der Waals surface area contributed by atoms with Crippen molar-refractivity contribution in [1.82, 2.24) is 0 Å². The molecule has 288 valence electrons. The molecule has 0 aliphatic carbocycles. The van der Waals surface area contributed by atoms with E-state index in [0.29, 0.717) is 17.8 Å². The molecule has 0 rings (SSSR count). The summed E-state index contributed by atoms with van der Waals surface area (Å²) in [6.07, 6.45) is 14.8. The van der Waals surface area contributed by atoms with Crippen LogP contribution in [-0.2, 0) is 33.1 Å². The molecule has 0 amide bonds. The van der Waals surface area contributed by atoms with Crippen LogP contribution in [0.5, 0.6) is 0 Å². The molecule has 0 aromatic rings. The fourth-order valence-corrected chi connectivity index (χ4v) is 14.3. The zero-order valence-corrected chi connectivity index (χ0v) is 37.3. The van der Waals surface area contributed by atoms with Gasteiger partial charge >= 0.3 is 320 Å². The average Bonchev–Trinajstić information content (AvgIpc) is 3.02. The van der Waals surface area contributed by atoms with Crippen LogP contribution in [0.1, 0.15) is 145 Å². The first-order chi connectivity index (χ1) is 23.4. The van der Waals surface area contributed by atoms with E-state index >= 15 is 0 Å². The summed E-state index contributed by atoms with van der Waals surface area (Å²) in [5.74, 6) is 2.45. The first-order valence-corrected chi connectivity index (χ1v) is 27.9. The van der Waals surface area contributed by atoms with E-state index in [-0.39, 0.29) is 34.7 Å².